The van der Waals surface area contributed by atoms with E-state index in [-0.39, 0.29) is 0 Å². The van der Waals surface area contributed by atoms with Crippen LogP contribution in [0.5, 0.6) is 5.75 Å². The average molecular weight is 409 g/mol. The van der Waals surface area contributed by atoms with Crippen molar-refractivity contribution < 1.29 is 14.0 Å². The first-order chi connectivity index (χ1) is 14.8. The van der Waals surface area contributed by atoms with Crippen LogP contribution in [-0.4, -0.2) is 38.0 Å². The lowest BCUT2D eigenvalue weighted by Crippen LogP contribution is -2.30. The maximum absolute atomic E-state index is 5.76. The maximum atomic E-state index is 5.76. The Morgan fingerprint density at radius 1 is 1.07 bits per heavy atom. The average Bonchev–Trinajstić information content (AvgIpc) is 3.25. The minimum atomic E-state index is 0.402. The summed E-state index contributed by atoms with van der Waals surface area (Å²) >= 11 is 0. The Bertz CT molecular complexity index is 925. The Labute approximate surface area is 177 Å². The Morgan fingerprint density at radius 2 is 1.93 bits per heavy atom. The Morgan fingerprint density at radius 3 is 2.73 bits per heavy atom. The molecule has 0 spiro atoms. The third-order valence-corrected chi connectivity index (χ3v) is 4.22. The molecule has 7 nitrogen and oxygen atoms in total. The number of nitrogens with zero attached hydrogens (tertiary/aromatic N) is 2. The van der Waals surface area contributed by atoms with Crippen molar-refractivity contribution in [1.82, 2.24) is 10.5 Å². The van der Waals surface area contributed by atoms with Gasteiger partial charge in [0.05, 0.1) is 13.2 Å². The van der Waals surface area contributed by atoms with Gasteiger partial charge in [-0.3, -0.25) is 0 Å². The Hall–Kier alpha value is -3.32. The molecule has 0 amide bonds. The summed E-state index contributed by atoms with van der Waals surface area (Å²) in [5.41, 5.74) is 2.65. The molecule has 2 aromatic carbocycles. The number of guanidine groups is 1. The number of ether oxygens (including phenoxy) is 2. The monoisotopic (exact) mass is 408 g/mol. The highest BCUT2D eigenvalue weighted by molar-refractivity contribution is 5.93. The molecule has 0 bridgehead atoms. The molecule has 0 aliphatic rings. The summed E-state index contributed by atoms with van der Waals surface area (Å²) in [6, 6.07) is 19.6. The van der Waals surface area contributed by atoms with Gasteiger partial charge in [-0.15, -0.1) is 0 Å². The van der Waals surface area contributed by atoms with E-state index in [1.165, 1.54) is 0 Å². The molecule has 30 heavy (non-hydrogen) atoms. The van der Waals surface area contributed by atoms with E-state index in [0.29, 0.717) is 25.7 Å². The second kappa shape index (κ2) is 11.6. The first kappa shape index (κ1) is 21.4. The van der Waals surface area contributed by atoms with Gasteiger partial charge in [0.15, 0.2) is 11.7 Å². The molecule has 0 unspecified atom stereocenters. The van der Waals surface area contributed by atoms with Crippen LogP contribution in [0.2, 0.25) is 0 Å². The van der Waals surface area contributed by atoms with Crippen LogP contribution in [0.1, 0.15) is 19.0 Å². The molecule has 0 fully saturated rings. The summed E-state index contributed by atoms with van der Waals surface area (Å²) in [6.07, 6.45) is 0.848. The normalized spacial score (nSPS) is 11.3. The zero-order valence-electron chi connectivity index (χ0n) is 17.4. The van der Waals surface area contributed by atoms with Crippen molar-refractivity contribution >= 4 is 11.6 Å². The molecule has 1 aromatic heterocycles. The van der Waals surface area contributed by atoms with Crippen molar-refractivity contribution in [1.29, 1.82) is 0 Å². The van der Waals surface area contributed by atoms with Crippen molar-refractivity contribution in [2.75, 3.05) is 32.2 Å². The third-order valence-electron chi connectivity index (χ3n) is 4.22. The van der Waals surface area contributed by atoms with E-state index in [1.54, 1.807) is 7.11 Å². The lowest BCUT2D eigenvalue weighted by Gasteiger charge is -2.12. The standard InChI is InChI=1S/C23H28N4O3/c1-3-24-23(26-19-11-7-12-21(15-19)29-14-8-13-28-2)25-17-20-16-22(30-27-20)18-9-5-4-6-10-18/h4-7,9-12,15-16H,3,8,13-14,17H2,1-2H3,(H2,24,25,26). The topological polar surface area (TPSA) is 80.9 Å². The molecule has 0 saturated heterocycles. The summed E-state index contributed by atoms with van der Waals surface area (Å²) in [5, 5.41) is 10.7. The second-order valence-corrected chi connectivity index (χ2v) is 6.59. The van der Waals surface area contributed by atoms with Crippen LogP contribution in [0, 0.1) is 0 Å². The number of aromatic nitrogens is 1. The zero-order chi connectivity index (χ0) is 21.0. The molecule has 0 aliphatic heterocycles. The van der Waals surface area contributed by atoms with Gasteiger partial charge in [0.1, 0.15) is 11.4 Å². The zero-order valence-corrected chi connectivity index (χ0v) is 17.4. The van der Waals surface area contributed by atoms with Crippen molar-refractivity contribution in [3.8, 4) is 17.1 Å². The van der Waals surface area contributed by atoms with E-state index in [2.05, 4.69) is 20.8 Å². The molecule has 7 heteroatoms. The highest BCUT2D eigenvalue weighted by atomic mass is 16.5. The second-order valence-electron chi connectivity index (χ2n) is 6.59. The van der Waals surface area contributed by atoms with Gasteiger partial charge >= 0.3 is 0 Å². The molecule has 3 aromatic rings. The van der Waals surface area contributed by atoms with Gasteiger partial charge in [-0.2, -0.15) is 0 Å². The number of rotatable bonds is 10. The van der Waals surface area contributed by atoms with Gasteiger partial charge in [0.25, 0.3) is 0 Å². The molecule has 0 aliphatic carbocycles. The van der Waals surface area contributed by atoms with E-state index < -0.39 is 0 Å². The lowest BCUT2D eigenvalue weighted by molar-refractivity contribution is 0.172. The SMILES string of the molecule is CCNC(=NCc1cc(-c2ccccc2)on1)Nc1cccc(OCCCOC)c1. The number of methoxy groups -OCH3 is 1. The van der Waals surface area contributed by atoms with E-state index in [1.807, 2.05) is 67.6 Å². The van der Waals surface area contributed by atoms with Crippen LogP contribution in [0.3, 0.4) is 0 Å². The molecular formula is C23H28N4O3. The summed E-state index contributed by atoms with van der Waals surface area (Å²) in [7, 11) is 1.69. The smallest absolute Gasteiger partial charge is 0.196 e. The molecular weight excluding hydrogens is 380 g/mol. The maximum Gasteiger partial charge on any atom is 0.196 e. The lowest BCUT2D eigenvalue weighted by atomic mass is 10.2. The van der Waals surface area contributed by atoms with Gasteiger partial charge in [-0.05, 0) is 19.1 Å². The minimum Gasteiger partial charge on any atom is -0.493 e. The van der Waals surface area contributed by atoms with Crippen LogP contribution < -0.4 is 15.4 Å². The van der Waals surface area contributed by atoms with Crippen LogP contribution in [0.4, 0.5) is 5.69 Å². The van der Waals surface area contributed by atoms with E-state index in [4.69, 9.17) is 14.0 Å². The number of nitrogens with one attached hydrogen (secondary N) is 2. The van der Waals surface area contributed by atoms with Crippen molar-refractivity contribution in [2.24, 2.45) is 4.99 Å². The highest BCUT2D eigenvalue weighted by Crippen LogP contribution is 2.20. The Kier molecular flexibility index (Phi) is 8.29. The number of hydrogen-bond acceptors (Lipinski definition) is 5. The molecule has 2 N–H and O–H groups in total. The fourth-order valence-electron chi connectivity index (χ4n) is 2.79. The van der Waals surface area contributed by atoms with E-state index >= 15 is 0 Å². The predicted octanol–water partition coefficient (Wildman–Crippen LogP) is 4.33. The molecule has 0 saturated carbocycles. The summed E-state index contributed by atoms with van der Waals surface area (Å²) in [4.78, 5) is 4.62. The largest absolute Gasteiger partial charge is 0.493 e. The van der Waals surface area contributed by atoms with Crippen molar-refractivity contribution in [2.45, 2.75) is 19.9 Å². The van der Waals surface area contributed by atoms with Crippen LogP contribution in [0.25, 0.3) is 11.3 Å². The van der Waals surface area contributed by atoms with Gasteiger partial charge in [-0.25, -0.2) is 4.99 Å². The van der Waals surface area contributed by atoms with Crippen LogP contribution >= 0.6 is 0 Å². The Balaban J connectivity index is 1.62. The van der Waals surface area contributed by atoms with Gasteiger partial charge in [0.2, 0.25) is 0 Å². The molecule has 3 rings (SSSR count). The first-order valence-electron chi connectivity index (χ1n) is 10.1. The minimum absolute atomic E-state index is 0.402. The van der Waals surface area contributed by atoms with Gasteiger partial charge in [0, 0.05) is 50.1 Å². The quantitative estimate of drug-likeness (QED) is 0.295. The van der Waals surface area contributed by atoms with Crippen molar-refractivity contribution in [3.63, 3.8) is 0 Å². The van der Waals surface area contributed by atoms with Crippen LogP contribution in [0.15, 0.2) is 70.2 Å². The first-order valence-corrected chi connectivity index (χ1v) is 10.1. The third kappa shape index (κ3) is 6.63. The molecule has 0 radical (unpaired) electrons. The summed E-state index contributed by atoms with van der Waals surface area (Å²) in [6.45, 7) is 4.46. The van der Waals surface area contributed by atoms with Crippen LogP contribution in [-0.2, 0) is 11.3 Å². The van der Waals surface area contributed by atoms with E-state index in [9.17, 15) is 0 Å². The van der Waals surface area contributed by atoms with Crippen molar-refractivity contribution in [3.05, 3.63) is 66.4 Å². The number of aliphatic imine (C=N–C) groups is 1. The van der Waals surface area contributed by atoms with Gasteiger partial charge < -0.3 is 24.6 Å². The number of hydrogen-bond donors (Lipinski definition) is 2. The summed E-state index contributed by atoms with van der Waals surface area (Å²) in [5.74, 6) is 2.20. The predicted molar refractivity (Wildman–Crippen MR) is 119 cm³/mol. The molecule has 0 atom stereocenters. The fraction of sp³-hybridized carbons (Fsp3) is 0.304. The highest BCUT2D eigenvalue weighted by Gasteiger charge is 2.07. The molecule has 158 valence electrons. The number of benzene rings is 2. The summed E-state index contributed by atoms with van der Waals surface area (Å²) < 4.78 is 16.3. The number of anilines is 1. The molecule has 1 heterocycles. The fourth-order valence-corrected chi connectivity index (χ4v) is 2.79. The van der Waals surface area contributed by atoms with E-state index in [0.717, 1.165) is 41.4 Å². The van der Waals surface area contributed by atoms with Gasteiger partial charge in [-0.1, -0.05) is 41.6 Å².